The molecule has 1 spiro atoms. The van der Waals surface area contributed by atoms with Gasteiger partial charge in [0.05, 0.1) is 17.4 Å². The zero-order valence-electron chi connectivity index (χ0n) is 19.7. The van der Waals surface area contributed by atoms with Gasteiger partial charge in [0.15, 0.2) is 0 Å². The minimum absolute atomic E-state index is 0.00296. The van der Waals surface area contributed by atoms with Crippen LogP contribution in [0.3, 0.4) is 0 Å². The smallest absolute Gasteiger partial charge is 0.245 e. The van der Waals surface area contributed by atoms with E-state index >= 15 is 0 Å². The molecule has 180 valence electrons. The lowest BCUT2D eigenvalue weighted by molar-refractivity contribution is -0.146. The molecule has 0 aliphatic carbocycles. The number of likely N-dealkylation sites (tertiary alicyclic amines) is 1. The van der Waals surface area contributed by atoms with Crippen LogP contribution in [0.25, 0.3) is 0 Å². The lowest BCUT2D eigenvalue weighted by Gasteiger charge is -2.36. The lowest BCUT2D eigenvalue weighted by Crippen LogP contribution is -2.56. The third-order valence-electron chi connectivity index (χ3n) is 7.77. The molecule has 3 aliphatic heterocycles. The van der Waals surface area contributed by atoms with Gasteiger partial charge in [-0.05, 0) is 44.2 Å². The first-order valence-corrected chi connectivity index (χ1v) is 12.0. The summed E-state index contributed by atoms with van der Waals surface area (Å²) in [5.41, 5.74) is -1.23. The van der Waals surface area contributed by atoms with Gasteiger partial charge in [0.25, 0.3) is 0 Å². The van der Waals surface area contributed by atoms with Crippen molar-refractivity contribution in [3.63, 3.8) is 0 Å². The molecule has 1 aromatic rings. The van der Waals surface area contributed by atoms with E-state index < -0.39 is 29.1 Å². The van der Waals surface area contributed by atoms with Crippen molar-refractivity contribution in [2.75, 3.05) is 25.0 Å². The number of ether oxygens (including phenoxy) is 1. The summed E-state index contributed by atoms with van der Waals surface area (Å²) in [6.07, 6.45) is 2.69. The Morgan fingerprint density at radius 1 is 1.21 bits per heavy atom. The first-order valence-electron chi connectivity index (χ1n) is 12.0. The van der Waals surface area contributed by atoms with Gasteiger partial charge in [-0.3, -0.25) is 14.4 Å². The Balaban J connectivity index is 1.70. The second-order valence-corrected chi connectivity index (χ2v) is 9.81. The first-order chi connectivity index (χ1) is 15.8. The molecular weight excluding hydrogens is 422 g/mol. The number of para-hydroxylation sites is 1. The van der Waals surface area contributed by atoms with E-state index in [9.17, 15) is 19.5 Å². The van der Waals surface area contributed by atoms with Crippen molar-refractivity contribution >= 4 is 23.4 Å². The van der Waals surface area contributed by atoms with Crippen LogP contribution < -0.4 is 10.6 Å². The van der Waals surface area contributed by atoms with Gasteiger partial charge in [-0.25, -0.2) is 0 Å². The summed E-state index contributed by atoms with van der Waals surface area (Å²) in [6.45, 7) is 6.67. The molecule has 33 heavy (non-hydrogen) atoms. The predicted octanol–water partition coefficient (Wildman–Crippen LogP) is 1.93. The number of unbranched alkanes of at least 4 members (excludes halogenated alkanes) is 1. The average molecular weight is 458 g/mol. The van der Waals surface area contributed by atoms with E-state index in [1.165, 1.54) is 0 Å². The number of benzene rings is 1. The van der Waals surface area contributed by atoms with Crippen LogP contribution in [-0.2, 0) is 19.1 Å². The van der Waals surface area contributed by atoms with E-state index in [-0.39, 0.29) is 36.8 Å². The van der Waals surface area contributed by atoms with E-state index in [2.05, 4.69) is 10.6 Å². The first kappa shape index (κ1) is 23.7. The molecular formula is C25H35N3O5. The van der Waals surface area contributed by atoms with Crippen LogP contribution >= 0.6 is 0 Å². The minimum atomic E-state index is -1.05. The standard InChI is InChI=1S/C25H35N3O5/c1-4-5-12-26-22(31)20-25-15-16(2)24(3,33-25)18(19(25)23(32)28(20)13-9-14-29)21(30)27-17-10-7-6-8-11-17/h6-8,10-11,16,18-20,29H,4-5,9,12-15H2,1-3H3,(H,26,31)(H,27,30)/t16?,18-,19-,20?,24+,25?/m0/s1. The number of rotatable bonds is 9. The van der Waals surface area contributed by atoms with Crippen molar-refractivity contribution in [2.45, 2.75) is 63.7 Å². The lowest BCUT2D eigenvalue weighted by atomic mass is 9.62. The molecule has 3 heterocycles. The monoisotopic (exact) mass is 457 g/mol. The van der Waals surface area contributed by atoms with Crippen LogP contribution in [-0.4, -0.2) is 64.7 Å². The molecule has 3 amide bonds. The Kier molecular flexibility index (Phi) is 6.51. The molecule has 1 aromatic carbocycles. The number of nitrogens with zero attached hydrogens (tertiary/aromatic N) is 1. The number of hydrogen-bond donors (Lipinski definition) is 3. The van der Waals surface area contributed by atoms with E-state index in [4.69, 9.17) is 4.74 Å². The van der Waals surface area contributed by atoms with Gasteiger partial charge < -0.3 is 25.4 Å². The normalized spacial score (nSPS) is 34.4. The summed E-state index contributed by atoms with van der Waals surface area (Å²) in [5, 5.41) is 15.3. The SMILES string of the molecule is CCCCNC(=O)C1N(CCCO)C(=O)[C@@H]2[C@@H](C(=O)Nc3ccccc3)[C@]3(C)OC12CC3C. The van der Waals surface area contributed by atoms with Crippen LogP contribution in [0.15, 0.2) is 30.3 Å². The molecule has 4 rings (SSSR count). The molecule has 8 heteroatoms. The van der Waals surface area contributed by atoms with Crippen LogP contribution in [0.2, 0.25) is 0 Å². The maximum atomic E-state index is 13.7. The molecule has 0 aromatic heterocycles. The van der Waals surface area contributed by atoms with Crippen molar-refractivity contribution in [1.82, 2.24) is 10.2 Å². The van der Waals surface area contributed by atoms with Crippen molar-refractivity contribution in [3.05, 3.63) is 30.3 Å². The summed E-state index contributed by atoms with van der Waals surface area (Å²) in [6, 6.07) is 8.36. The molecule has 6 atom stereocenters. The summed E-state index contributed by atoms with van der Waals surface area (Å²) in [7, 11) is 0. The highest BCUT2D eigenvalue weighted by molar-refractivity contribution is 6.02. The van der Waals surface area contributed by atoms with Crippen molar-refractivity contribution in [2.24, 2.45) is 17.8 Å². The second kappa shape index (κ2) is 9.06. The minimum Gasteiger partial charge on any atom is -0.396 e. The Hall–Kier alpha value is -2.45. The molecule has 0 radical (unpaired) electrons. The van der Waals surface area contributed by atoms with Gasteiger partial charge in [-0.15, -0.1) is 0 Å². The topological polar surface area (TPSA) is 108 Å². The zero-order chi connectivity index (χ0) is 23.8. The van der Waals surface area contributed by atoms with Crippen LogP contribution in [0.5, 0.6) is 0 Å². The van der Waals surface area contributed by atoms with Gasteiger partial charge in [-0.2, -0.15) is 0 Å². The fourth-order valence-electron chi connectivity index (χ4n) is 6.15. The zero-order valence-corrected chi connectivity index (χ0v) is 19.7. The fourth-order valence-corrected chi connectivity index (χ4v) is 6.15. The Labute approximate surface area is 195 Å². The number of aliphatic hydroxyl groups excluding tert-OH is 1. The molecule has 3 unspecified atom stereocenters. The summed E-state index contributed by atoms with van der Waals surface area (Å²) in [5.74, 6) is -2.18. The average Bonchev–Trinajstić information content (AvgIpc) is 3.30. The molecule has 3 N–H and O–H groups in total. The Bertz CT molecular complexity index is 909. The molecule has 8 nitrogen and oxygen atoms in total. The highest BCUT2D eigenvalue weighted by atomic mass is 16.5. The quantitative estimate of drug-likeness (QED) is 0.491. The van der Waals surface area contributed by atoms with Gasteiger partial charge in [0, 0.05) is 25.4 Å². The van der Waals surface area contributed by atoms with E-state index in [1.807, 2.05) is 51.1 Å². The number of anilines is 1. The second-order valence-electron chi connectivity index (χ2n) is 9.81. The summed E-state index contributed by atoms with van der Waals surface area (Å²) < 4.78 is 6.63. The number of fused-ring (bicyclic) bond motifs is 1. The molecule has 0 saturated carbocycles. The van der Waals surface area contributed by atoms with Gasteiger partial charge in [0.1, 0.15) is 11.6 Å². The van der Waals surface area contributed by atoms with E-state index in [0.717, 1.165) is 12.8 Å². The van der Waals surface area contributed by atoms with E-state index in [0.29, 0.717) is 25.1 Å². The number of amides is 3. The van der Waals surface area contributed by atoms with Gasteiger partial charge >= 0.3 is 0 Å². The molecule has 3 fully saturated rings. The molecule has 2 bridgehead atoms. The number of aliphatic hydroxyl groups is 1. The van der Waals surface area contributed by atoms with E-state index in [1.54, 1.807) is 4.90 Å². The Morgan fingerprint density at radius 2 is 1.94 bits per heavy atom. The molecule has 3 saturated heterocycles. The third kappa shape index (κ3) is 3.73. The number of carbonyl (C=O) groups excluding carboxylic acids is 3. The highest BCUT2D eigenvalue weighted by Gasteiger charge is 2.79. The molecule has 3 aliphatic rings. The van der Waals surface area contributed by atoms with Crippen LogP contribution in [0.1, 0.15) is 46.5 Å². The van der Waals surface area contributed by atoms with Gasteiger partial charge in [-0.1, -0.05) is 38.5 Å². The third-order valence-corrected chi connectivity index (χ3v) is 7.77. The number of nitrogens with one attached hydrogen (secondary N) is 2. The van der Waals surface area contributed by atoms with Gasteiger partial charge in [0.2, 0.25) is 17.7 Å². The fraction of sp³-hybridized carbons (Fsp3) is 0.640. The van der Waals surface area contributed by atoms with Crippen molar-refractivity contribution < 1.29 is 24.2 Å². The predicted molar refractivity (Wildman–Crippen MR) is 123 cm³/mol. The van der Waals surface area contributed by atoms with Crippen LogP contribution in [0, 0.1) is 17.8 Å². The van der Waals surface area contributed by atoms with Crippen LogP contribution in [0.4, 0.5) is 5.69 Å². The number of hydrogen-bond acceptors (Lipinski definition) is 5. The van der Waals surface area contributed by atoms with Crippen molar-refractivity contribution in [3.8, 4) is 0 Å². The largest absolute Gasteiger partial charge is 0.396 e. The number of carbonyl (C=O) groups is 3. The summed E-state index contributed by atoms with van der Waals surface area (Å²) in [4.78, 5) is 42.2. The summed E-state index contributed by atoms with van der Waals surface area (Å²) >= 11 is 0. The maximum absolute atomic E-state index is 13.7. The Morgan fingerprint density at radius 3 is 2.61 bits per heavy atom. The highest BCUT2D eigenvalue weighted by Crippen LogP contribution is 2.65. The van der Waals surface area contributed by atoms with Crippen molar-refractivity contribution in [1.29, 1.82) is 0 Å². The maximum Gasteiger partial charge on any atom is 0.245 e.